The summed E-state index contributed by atoms with van der Waals surface area (Å²) in [4.78, 5) is 2.60. The molecule has 0 unspecified atom stereocenters. The van der Waals surface area contributed by atoms with E-state index in [2.05, 4.69) is 37.9 Å². The predicted octanol–water partition coefficient (Wildman–Crippen LogP) is 3.05. The third-order valence-electron chi connectivity index (χ3n) is 3.74. The van der Waals surface area contributed by atoms with Crippen LogP contribution >= 0.6 is 0 Å². The van der Waals surface area contributed by atoms with Gasteiger partial charge in [0.1, 0.15) is 0 Å². The summed E-state index contributed by atoms with van der Waals surface area (Å²) >= 11 is 0. The van der Waals surface area contributed by atoms with E-state index in [-0.39, 0.29) is 5.54 Å². The third kappa shape index (κ3) is 8.61. The van der Waals surface area contributed by atoms with Gasteiger partial charge in [-0.05, 0) is 66.5 Å². The van der Waals surface area contributed by atoms with Gasteiger partial charge in [-0.2, -0.15) is 0 Å². The van der Waals surface area contributed by atoms with Crippen molar-refractivity contribution in [2.24, 2.45) is 0 Å². The zero-order valence-electron chi connectivity index (χ0n) is 13.5. The summed E-state index contributed by atoms with van der Waals surface area (Å²) in [5, 5.41) is 3.55. The smallest absolute Gasteiger partial charge is 0.0599 e. The molecule has 0 bridgehead atoms. The molecule has 0 saturated carbocycles. The Labute approximate surface area is 120 Å². The quantitative estimate of drug-likeness (QED) is 0.686. The number of rotatable bonds is 8. The Morgan fingerprint density at radius 2 is 1.79 bits per heavy atom. The lowest BCUT2D eigenvalue weighted by Gasteiger charge is -2.31. The Bertz CT molecular complexity index is 217. The summed E-state index contributed by atoms with van der Waals surface area (Å²) < 4.78 is 5.69. The van der Waals surface area contributed by atoms with Crippen LogP contribution in [0.1, 0.15) is 59.8 Å². The lowest BCUT2D eigenvalue weighted by molar-refractivity contribution is 0.0140. The Morgan fingerprint density at radius 3 is 2.37 bits per heavy atom. The van der Waals surface area contributed by atoms with Crippen LogP contribution in [0.2, 0.25) is 0 Å². The van der Waals surface area contributed by atoms with Gasteiger partial charge >= 0.3 is 0 Å². The minimum atomic E-state index is 0.265. The first-order chi connectivity index (χ1) is 9.01. The first kappa shape index (κ1) is 16.9. The molecule has 1 saturated heterocycles. The molecule has 0 spiro atoms. The Balaban J connectivity index is 1.94. The molecule has 3 heteroatoms. The average molecular weight is 270 g/mol. The minimum absolute atomic E-state index is 0.265. The Kier molecular flexibility index (Phi) is 7.96. The maximum Gasteiger partial charge on any atom is 0.0599 e. The zero-order chi connectivity index (χ0) is 14.1. The number of piperidine rings is 1. The van der Waals surface area contributed by atoms with Crippen LogP contribution in [0, 0.1) is 0 Å². The largest absolute Gasteiger partial charge is 0.378 e. The molecule has 0 aromatic carbocycles. The number of nitrogens with one attached hydrogen (secondary N) is 1. The Hall–Kier alpha value is -0.120. The van der Waals surface area contributed by atoms with Crippen molar-refractivity contribution in [3.63, 3.8) is 0 Å². The van der Waals surface area contributed by atoms with Crippen LogP contribution in [0.3, 0.4) is 0 Å². The molecule has 0 aliphatic carbocycles. The normalized spacial score (nSPS) is 18.9. The van der Waals surface area contributed by atoms with Crippen molar-refractivity contribution in [1.82, 2.24) is 10.2 Å². The third-order valence-corrected chi connectivity index (χ3v) is 3.74. The van der Waals surface area contributed by atoms with Gasteiger partial charge in [-0.1, -0.05) is 6.42 Å². The highest BCUT2D eigenvalue weighted by molar-refractivity contribution is 4.73. The lowest BCUT2D eigenvalue weighted by Crippen LogP contribution is -2.38. The molecule has 1 fully saturated rings. The van der Waals surface area contributed by atoms with Crippen molar-refractivity contribution >= 4 is 0 Å². The molecule has 114 valence electrons. The van der Waals surface area contributed by atoms with E-state index in [4.69, 9.17) is 4.74 Å². The average Bonchev–Trinajstić information content (AvgIpc) is 2.35. The summed E-state index contributed by atoms with van der Waals surface area (Å²) in [6, 6.07) is 0. The highest BCUT2D eigenvalue weighted by Crippen LogP contribution is 2.14. The number of unbranched alkanes of at least 4 members (excludes halogenated alkanes) is 2. The monoisotopic (exact) mass is 270 g/mol. The maximum atomic E-state index is 5.69. The van der Waals surface area contributed by atoms with Crippen LogP contribution in [0.25, 0.3) is 0 Å². The molecular formula is C16H34N2O. The molecule has 0 aromatic rings. The Morgan fingerprint density at radius 1 is 1.11 bits per heavy atom. The van der Waals surface area contributed by atoms with Crippen molar-refractivity contribution in [1.29, 1.82) is 0 Å². The zero-order valence-corrected chi connectivity index (χ0v) is 13.5. The number of hydrogen-bond donors (Lipinski definition) is 1. The molecular weight excluding hydrogens is 236 g/mol. The number of hydrogen-bond acceptors (Lipinski definition) is 3. The van der Waals surface area contributed by atoms with Crippen molar-refractivity contribution in [2.45, 2.75) is 71.4 Å². The van der Waals surface area contributed by atoms with Gasteiger partial charge in [-0.15, -0.1) is 0 Å². The maximum absolute atomic E-state index is 5.69. The van der Waals surface area contributed by atoms with Crippen LogP contribution in [0.4, 0.5) is 0 Å². The molecule has 19 heavy (non-hydrogen) atoms. The second-order valence-corrected chi connectivity index (χ2v) is 6.73. The summed E-state index contributed by atoms with van der Waals surface area (Å²) in [5.74, 6) is 0. The van der Waals surface area contributed by atoms with Crippen LogP contribution in [-0.4, -0.2) is 49.3 Å². The first-order valence-corrected chi connectivity index (χ1v) is 8.10. The van der Waals surface area contributed by atoms with Gasteiger partial charge in [-0.25, -0.2) is 0 Å². The summed E-state index contributed by atoms with van der Waals surface area (Å²) in [6.45, 7) is 14.5. The van der Waals surface area contributed by atoms with E-state index in [0.29, 0.717) is 6.10 Å². The molecule has 1 N–H and O–H groups in total. The summed E-state index contributed by atoms with van der Waals surface area (Å²) in [7, 11) is 0. The van der Waals surface area contributed by atoms with Gasteiger partial charge in [0.2, 0.25) is 0 Å². The van der Waals surface area contributed by atoms with E-state index >= 15 is 0 Å². The van der Waals surface area contributed by atoms with Crippen LogP contribution in [0.5, 0.6) is 0 Å². The molecule has 3 nitrogen and oxygen atoms in total. The van der Waals surface area contributed by atoms with Crippen LogP contribution in [-0.2, 0) is 4.74 Å². The van der Waals surface area contributed by atoms with Gasteiger partial charge in [0.15, 0.2) is 0 Å². The van der Waals surface area contributed by atoms with E-state index in [1.807, 2.05) is 0 Å². The molecule has 1 rings (SSSR count). The van der Waals surface area contributed by atoms with Gasteiger partial charge in [0.25, 0.3) is 0 Å². The molecule has 0 amide bonds. The molecule has 0 atom stereocenters. The fourth-order valence-electron chi connectivity index (χ4n) is 2.64. The number of likely N-dealkylation sites (tertiary alicyclic amines) is 1. The number of ether oxygens (including phenoxy) is 1. The molecule has 1 aliphatic heterocycles. The predicted molar refractivity (Wildman–Crippen MR) is 82.7 cm³/mol. The van der Waals surface area contributed by atoms with E-state index < -0.39 is 0 Å². The summed E-state index contributed by atoms with van der Waals surface area (Å²) in [6.07, 6.45) is 6.95. The van der Waals surface area contributed by atoms with E-state index in [1.165, 1.54) is 51.7 Å². The van der Waals surface area contributed by atoms with E-state index in [9.17, 15) is 0 Å². The van der Waals surface area contributed by atoms with Gasteiger partial charge in [0, 0.05) is 25.2 Å². The topological polar surface area (TPSA) is 24.5 Å². The van der Waals surface area contributed by atoms with Crippen LogP contribution < -0.4 is 5.32 Å². The van der Waals surface area contributed by atoms with Gasteiger partial charge in [-0.3, -0.25) is 0 Å². The molecule has 0 aromatic heterocycles. The minimum Gasteiger partial charge on any atom is -0.378 e. The summed E-state index contributed by atoms with van der Waals surface area (Å²) in [5.41, 5.74) is 0.265. The fourth-order valence-corrected chi connectivity index (χ4v) is 2.64. The van der Waals surface area contributed by atoms with Gasteiger partial charge < -0.3 is 15.0 Å². The molecule has 1 heterocycles. The first-order valence-electron chi connectivity index (χ1n) is 8.10. The van der Waals surface area contributed by atoms with Crippen molar-refractivity contribution in [3.8, 4) is 0 Å². The van der Waals surface area contributed by atoms with Crippen LogP contribution in [0.15, 0.2) is 0 Å². The number of nitrogens with zero attached hydrogens (tertiary/aromatic N) is 1. The molecule has 0 radical (unpaired) electrons. The van der Waals surface area contributed by atoms with Crippen molar-refractivity contribution in [2.75, 3.05) is 32.8 Å². The fraction of sp³-hybridized carbons (Fsp3) is 1.00. The van der Waals surface area contributed by atoms with E-state index in [0.717, 1.165) is 13.2 Å². The van der Waals surface area contributed by atoms with Crippen molar-refractivity contribution < 1.29 is 4.74 Å². The SMILES string of the molecule is CCOC1CCN(CCCCCNC(C)(C)C)CC1. The van der Waals surface area contributed by atoms with Gasteiger partial charge in [0.05, 0.1) is 6.10 Å². The highest BCUT2D eigenvalue weighted by Gasteiger charge is 2.18. The molecule has 1 aliphatic rings. The van der Waals surface area contributed by atoms with E-state index in [1.54, 1.807) is 0 Å². The van der Waals surface area contributed by atoms with Crippen molar-refractivity contribution in [3.05, 3.63) is 0 Å². The lowest BCUT2D eigenvalue weighted by atomic mass is 10.1. The standard InChI is InChI=1S/C16H34N2O/c1-5-19-15-9-13-18(14-10-15)12-8-6-7-11-17-16(2,3)4/h15,17H,5-14H2,1-4H3. The highest BCUT2D eigenvalue weighted by atomic mass is 16.5. The second kappa shape index (κ2) is 8.93. The second-order valence-electron chi connectivity index (χ2n) is 6.73.